The molecule has 0 aliphatic rings. The molecule has 1 amide bonds. The number of hydrogen-bond donors (Lipinski definition) is 1. The van der Waals surface area contributed by atoms with Crippen LogP contribution in [0, 0.1) is 0 Å². The minimum absolute atomic E-state index is 0.564. The summed E-state index contributed by atoms with van der Waals surface area (Å²) in [5, 5.41) is 2.11. The molecule has 1 atom stereocenters. The number of esters is 1. The first-order chi connectivity index (χ1) is 7.26. The van der Waals surface area contributed by atoms with E-state index in [0.29, 0.717) is 0 Å². The third-order valence-electron chi connectivity index (χ3n) is 1.41. The summed E-state index contributed by atoms with van der Waals surface area (Å²) in [5.74, 6) is -1.43. The molecule has 0 heterocycles. The molecular weight excluding hydrogens is 231 g/mol. The number of rotatable bonds is 5. The van der Waals surface area contributed by atoms with Crippen LogP contribution in [0.25, 0.3) is 0 Å². The van der Waals surface area contributed by atoms with Crippen LogP contribution in [0.3, 0.4) is 0 Å². The van der Waals surface area contributed by atoms with Crippen LogP contribution < -0.4 is 5.32 Å². The number of alkyl halides is 3. The lowest BCUT2D eigenvalue weighted by Gasteiger charge is -2.16. The summed E-state index contributed by atoms with van der Waals surface area (Å²) < 4.78 is 43.7. The smallest absolute Gasteiger partial charge is 0.411 e. The quantitative estimate of drug-likeness (QED) is 0.703. The Hall–Kier alpha value is -1.31. The average Bonchev–Trinajstić information content (AvgIpc) is 2.12. The van der Waals surface area contributed by atoms with Crippen molar-refractivity contribution in [3.05, 3.63) is 0 Å². The van der Waals surface area contributed by atoms with Gasteiger partial charge in [0.15, 0.2) is 6.04 Å². The maximum Gasteiger partial charge on any atom is 0.411 e. The maximum absolute atomic E-state index is 11.7. The Bertz CT molecular complexity index is 254. The zero-order valence-corrected chi connectivity index (χ0v) is 8.76. The molecule has 0 saturated heterocycles. The summed E-state index contributed by atoms with van der Waals surface area (Å²) >= 11 is 0. The molecule has 0 aliphatic heterocycles. The van der Waals surface area contributed by atoms with Crippen molar-refractivity contribution in [2.45, 2.75) is 19.1 Å². The predicted molar refractivity (Wildman–Crippen MR) is 46.5 cm³/mol. The third-order valence-corrected chi connectivity index (χ3v) is 1.41. The number of halogens is 3. The second-order valence-corrected chi connectivity index (χ2v) is 2.91. The molecule has 0 radical (unpaired) electrons. The topological polar surface area (TPSA) is 64.6 Å². The van der Waals surface area contributed by atoms with E-state index in [9.17, 15) is 22.8 Å². The van der Waals surface area contributed by atoms with Gasteiger partial charge in [-0.25, -0.2) is 4.79 Å². The van der Waals surface area contributed by atoms with Crippen molar-refractivity contribution >= 4 is 11.9 Å². The summed E-state index contributed by atoms with van der Waals surface area (Å²) in [4.78, 5) is 21.6. The van der Waals surface area contributed by atoms with Crippen LogP contribution in [0.1, 0.15) is 6.92 Å². The summed E-state index contributed by atoms with van der Waals surface area (Å²) in [7, 11) is 1.06. The van der Waals surface area contributed by atoms with Crippen LogP contribution in [-0.4, -0.2) is 44.4 Å². The van der Waals surface area contributed by atoms with Gasteiger partial charge in [-0.15, -0.1) is 0 Å². The lowest BCUT2D eigenvalue weighted by atomic mass is 10.3. The molecule has 0 aliphatic carbocycles. The van der Waals surface area contributed by atoms with Gasteiger partial charge in [-0.05, 0) is 0 Å². The molecule has 0 saturated carbocycles. The Morgan fingerprint density at radius 3 is 2.31 bits per heavy atom. The van der Waals surface area contributed by atoms with E-state index in [1.54, 1.807) is 0 Å². The third kappa shape index (κ3) is 7.04. The van der Waals surface area contributed by atoms with Crippen molar-refractivity contribution in [3.63, 3.8) is 0 Å². The Morgan fingerprint density at radius 2 is 1.94 bits per heavy atom. The van der Waals surface area contributed by atoms with Crippen LogP contribution >= 0.6 is 0 Å². The van der Waals surface area contributed by atoms with Crippen molar-refractivity contribution in [1.29, 1.82) is 0 Å². The van der Waals surface area contributed by atoms with Gasteiger partial charge in [0, 0.05) is 6.92 Å². The van der Waals surface area contributed by atoms with Crippen LogP contribution in [0.2, 0.25) is 0 Å². The summed E-state index contributed by atoms with van der Waals surface area (Å²) in [6.45, 7) is -0.953. The fourth-order valence-corrected chi connectivity index (χ4v) is 0.849. The lowest BCUT2D eigenvalue weighted by Crippen LogP contribution is -2.44. The van der Waals surface area contributed by atoms with E-state index < -0.39 is 37.3 Å². The summed E-state index contributed by atoms with van der Waals surface area (Å²) in [5.41, 5.74) is 0. The Kier molecular flexibility index (Phi) is 5.79. The fraction of sp³-hybridized carbons (Fsp3) is 0.750. The monoisotopic (exact) mass is 243 g/mol. The minimum Gasteiger partial charge on any atom is -0.467 e. The molecule has 0 aromatic rings. The highest BCUT2D eigenvalue weighted by Gasteiger charge is 2.29. The van der Waals surface area contributed by atoms with Gasteiger partial charge in [0.1, 0.15) is 6.61 Å². The second-order valence-electron chi connectivity index (χ2n) is 2.91. The Balaban J connectivity index is 4.12. The molecule has 5 nitrogen and oxygen atoms in total. The number of carbonyl (C=O) groups excluding carboxylic acids is 2. The normalized spacial score (nSPS) is 13.1. The van der Waals surface area contributed by atoms with Crippen molar-refractivity contribution in [1.82, 2.24) is 5.32 Å². The average molecular weight is 243 g/mol. The number of amides is 1. The maximum atomic E-state index is 11.7. The molecular formula is C8H12F3NO4. The van der Waals surface area contributed by atoms with Gasteiger partial charge in [0.2, 0.25) is 5.91 Å². The molecule has 0 fully saturated rings. The van der Waals surface area contributed by atoms with Gasteiger partial charge in [-0.3, -0.25) is 4.79 Å². The van der Waals surface area contributed by atoms with Crippen molar-refractivity contribution in [3.8, 4) is 0 Å². The van der Waals surface area contributed by atoms with Crippen molar-refractivity contribution in [2.75, 3.05) is 20.3 Å². The summed E-state index contributed by atoms with van der Waals surface area (Å²) in [6, 6.07) is -1.23. The number of nitrogens with one attached hydrogen (secondary N) is 1. The summed E-state index contributed by atoms with van der Waals surface area (Å²) in [6.07, 6.45) is -4.48. The molecule has 8 heteroatoms. The van der Waals surface area contributed by atoms with E-state index in [-0.39, 0.29) is 0 Å². The fourth-order valence-electron chi connectivity index (χ4n) is 0.849. The van der Waals surface area contributed by atoms with E-state index in [1.165, 1.54) is 0 Å². The molecule has 0 rings (SSSR count). The van der Waals surface area contributed by atoms with E-state index in [4.69, 9.17) is 0 Å². The largest absolute Gasteiger partial charge is 0.467 e. The molecule has 94 valence electrons. The lowest BCUT2D eigenvalue weighted by molar-refractivity contribution is -0.178. The standard InChI is InChI=1S/C8H12F3NO4/c1-5(13)12-6(7(14)15-2)3-16-4-8(9,10)11/h6H,3-4H2,1-2H3,(H,12,13). The van der Waals surface area contributed by atoms with Crippen molar-refractivity contribution < 1.29 is 32.2 Å². The Morgan fingerprint density at radius 1 is 1.38 bits per heavy atom. The second kappa shape index (κ2) is 6.31. The van der Waals surface area contributed by atoms with Crippen LogP contribution in [0.5, 0.6) is 0 Å². The van der Waals surface area contributed by atoms with Crippen LogP contribution in [-0.2, 0) is 19.1 Å². The molecule has 0 spiro atoms. The van der Waals surface area contributed by atoms with Crippen molar-refractivity contribution in [2.24, 2.45) is 0 Å². The Labute approximate surface area is 89.9 Å². The highest BCUT2D eigenvalue weighted by atomic mass is 19.4. The van der Waals surface area contributed by atoms with Crippen LogP contribution in [0.15, 0.2) is 0 Å². The van der Waals surface area contributed by atoms with Crippen LogP contribution in [0.4, 0.5) is 13.2 Å². The molecule has 0 bridgehead atoms. The van der Waals surface area contributed by atoms with E-state index in [1.807, 2.05) is 0 Å². The van der Waals surface area contributed by atoms with Gasteiger partial charge in [-0.2, -0.15) is 13.2 Å². The van der Waals surface area contributed by atoms with Gasteiger partial charge in [-0.1, -0.05) is 0 Å². The van der Waals surface area contributed by atoms with Gasteiger partial charge < -0.3 is 14.8 Å². The molecule has 1 N–H and O–H groups in total. The predicted octanol–water partition coefficient (Wildman–Crippen LogP) is 0.243. The number of hydrogen-bond acceptors (Lipinski definition) is 4. The zero-order valence-electron chi connectivity index (χ0n) is 8.76. The number of methoxy groups -OCH3 is 1. The molecule has 16 heavy (non-hydrogen) atoms. The first kappa shape index (κ1) is 14.7. The SMILES string of the molecule is COC(=O)C(COCC(F)(F)F)NC(C)=O. The highest BCUT2D eigenvalue weighted by molar-refractivity contribution is 5.83. The van der Waals surface area contributed by atoms with E-state index in [2.05, 4.69) is 14.8 Å². The first-order valence-corrected chi connectivity index (χ1v) is 4.25. The minimum atomic E-state index is -4.48. The first-order valence-electron chi connectivity index (χ1n) is 4.25. The number of carbonyl (C=O) groups is 2. The van der Waals surface area contributed by atoms with Gasteiger partial charge in [0.25, 0.3) is 0 Å². The molecule has 1 unspecified atom stereocenters. The molecule has 0 aromatic carbocycles. The van der Waals surface area contributed by atoms with Gasteiger partial charge >= 0.3 is 12.1 Å². The number of ether oxygens (including phenoxy) is 2. The van der Waals surface area contributed by atoms with Gasteiger partial charge in [0.05, 0.1) is 13.7 Å². The zero-order chi connectivity index (χ0) is 12.8. The van der Waals surface area contributed by atoms with E-state index >= 15 is 0 Å². The molecule has 0 aromatic heterocycles. The highest BCUT2D eigenvalue weighted by Crippen LogP contribution is 2.14. The van der Waals surface area contributed by atoms with E-state index in [0.717, 1.165) is 14.0 Å².